The standard InChI is InChI=1S/C17H21N3O/c21-17(16-13-8-3-4-9-14(13)18-19-16)20-11-5-10-15(20)12-6-1-2-7-12/h3-4,8-9,12,15H,1-2,5-7,10-11H2,(H,18,19). The Kier molecular flexibility index (Phi) is 3.17. The fourth-order valence-electron chi connectivity index (χ4n) is 4.14. The van der Waals surface area contributed by atoms with Gasteiger partial charge in [-0.2, -0.15) is 5.10 Å². The molecule has 0 spiro atoms. The van der Waals surface area contributed by atoms with Crippen LogP contribution in [0.2, 0.25) is 0 Å². The summed E-state index contributed by atoms with van der Waals surface area (Å²) in [5, 5.41) is 8.21. The fourth-order valence-corrected chi connectivity index (χ4v) is 4.14. The molecular formula is C17H21N3O. The van der Waals surface area contributed by atoms with E-state index in [0.29, 0.717) is 17.7 Å². The molecule has 0 bridgehead atoms. The molecular weight excluding hydrogens is 262 g/mol. The first kappa shape index (κ1) is 12.9. The van der Waals surface area contributed by atoms with Gasteiger partial charge in [0.1, 0.15) is 0 Å². The molecule has 1 unspecified atom stereocenters. The van der Waals surface area contributed by atoms with Crippen LogP contribution in [0.25, 0.3) is 10.9 Å². The number of carbonyl (C=O) groups excluding carboxylic acids is 1. The summed E-state index contributed by atoms with van der Waals surface area (Å²) in [5.41, 5.74) is 1.54. The van der Waals surface area contributed by atoms with Crippen LogP contribution in [-0.2, 0) is 0 Å². The predicted octanol–water partition coefficient (Wildman–Crippen LogP) is 3.36. The van der Waals surface area contributed by atoms with E-state index in [1.54, 1.807) is 0 Å². The molecule has 1 N–H and O–H groups in total. The summed E-state index contributed by atoms with van der Waals surface area (Å²) in [6, 6.07) is 8.32. The third-order valence-corrected chi connectivity index (χ3v) is 5.18. The van der Waals surface area contributed by atoms with E-state index in [1.165, 1.54) is 32.1 Å². The summed E-state index contributed by atoms with van der Waals surface area (Å²) >= 11 is 0. The number of amides is 1. The third kappa shape index (κ3) is 2.13. The van der Waals surface area contributed by atoms with Gasteiger partial charge in [0.2, 0.25) is 0 Å². The second-order valence-corrected chi connectivity index (χ2v) is 6.37. The van der Waals surface area contributed by atoms with Crippen molar-refractivity contribution in [3.8, 4) is 0 Å². The van der Waals surface area contributed by atoms with Crippen LogP contribution in [0.15, 0.2) is 24.3 Å². The largest absolute Gasteiger partial charge is 0.334 e. The Hall–Kier alpha value is -1.84. The third-order valence-electron chi connectivity index (χ3n) is 5.18. The number of fused-ring (bicyclic) bond motifs is 1. The highest BCUT2D eigenvalue weighted by atomic mass is 16.2. The number of likely N-dealkylation sites (tertiary alicyclic amines) is 1. The summed E-state index contributed by atoms with van der Waals surface area (Å²) in [7, 11) is 0. The van der Waals surface area contributed by atoms with Crippen molar-refractivity contribution in [2.45, 2.75) is 44.6 Å². The van der Waals surface area contributed by atoms with Crippen LogP contribution in [0.5, 0.6) is 0 Å². The molecule has 1 aromatic heterocycles. The fraction of sp³-hybridized carbons (Fsp3) is 0.529. The van der Waals surface area contributed by atoms with Crippen LogP contribution in [0.3, 0.4) is 0 Å². The van der Waals surface area contributed by atoms with Gasteiger partial charge < -0.3 is 4.90 Å². The molecule has 4 nitrogen and oxygen atoms in total. The molecule has 4 rings (SSSR count). The molecule has 110 valence electrons. The van der Waals surface area contributed by atoms with Gasteiger partial charge in [0.25, 0.3) is 5.91 Å². The summed E-state index contributed by atoms with van der Waals surface area (Å²) in [6.07, 6.45) is 7.53. The monoisotopic (exact) mass is 283 g/mol. The second-order valence-electron chi connectivity index (χ2n) is 6.37. The number of nitrogens with zero attached hydrogens (tertiary/aromatic N) is 2. The van der Waals surface area contributed by atoms with Crippen molar-refractivity contribution in [2.24, 2.45) is 5.92 Å². The van der Waals surface area contributed by atoms with Crippen molar-refractivity contribution in [1.82, 2.24) is 15.1 Å². The average molecular weight is 283 g/mol. The van der Waals surface area contributed by atoms with Gasteiger partial charge in [-0.05, 0) is 37.7 Å². The molecule has 1 saturated heterocycles. The Morgan fingerprint density at radius 1 is 1.14 bits per heavy atom. The Balaban J connectivity index is 1.64. The molecule has 2 fully saturated rings. The zero-order chi connectivity index (χ0) is 14.2. The minimum absolute atomic E-state index is 0.113. The first-order valence-corrected chi connectivity index (χ1v) is 8.08. The maximum atomic E-state index is 12.9. The molecule has 1 amide bonds. The van der Waals surface area contributed by atoms with Gasteiger partial charge in [-0.1, -0.05) is 31.0 Å². The van der Waals surface area contributed by atoms with Crippen LogP contribution in [0, 0.1) is 5.92 Å². The lowest BCUT2D eigenvalue weighted by Gasteiger charge is -2.29. The number of benzene rings is 1. The van der Waals surface area contributed by atoms with Gasteiger partial charge >= 0.3 is 0 Å². The summed E-state index contributed by atoms with van der Waals surface area (Å²) in [5.74, 6) is 0.823. The van der Waals surface area contributed by atoms with Gasteiger partial charge in [-0.15, -0.1) is 0 Å². The zero-order valence-electron chi connectivity index (χ0n) is 12.2. The number of rotatable bonds is 2. The first-order valence-electron chi connectivity index (χ1n) is 8.08. The molecule has 1 aliphatic carbocycles. The highest BCUT2D eigenvalue weighted by molar-refractivity contribution is 6.04. The van der Waals surface area contributed by atoms with Gasteiger partial charge in [0, 0.05) is 18.0 Å². The van der Waals surface area contributed by atoms with Crippen LogP contribution in [-0.4, -0.2) is 33.6 Å². The van der Waals surface area contributed by atoms with Crippen LogP contribution in [0.1, 0.15) is 49.0 Å². The minimum Gasteiger partial charge on any atom is -0.334 e. The Morgan fingerprint density at radius 2 is 1.95 bits per heavy atom. The van der Waals surface area contributed by atoms with E-state index in [4.69, 9.17) is 0 Å². The van der Waals surface area contributed by atoms with Gasteiger partial charge in [0.05, 0.1) is 5.52 Å². The Labute approximate surface area is 124 Å². The van der Waals surface area contributed by atoms with E-state index in [1.807, 2.05) is 24.3 Å². The van der Waals surface area contributed by atoms with Gasteiger partial charge in [0.15, 0.2) is 5.69 Å². The summed E-state index contributed by atoms with van der Waals surface area (Å²) in [6.45, 7) is 0.890. The quantitative estimate of drug-likeness (QED) is 0.918. The minimum atomic E-state index is 0.113. The molecule has 1 aromatic carbocycles. The highest BCUT2D eigenvalue weighted by Crippen LogP contribution is 2.36. The average Bonchev–Trinajstić information content (AvgIpc) is 3.25. The smallest absolute Gasteiger partial charge is 0.275 e. The number of aromatic amines is 1. The van der Waals surface area contributed by atoms with Crippen molar-refractivity contribution in [3.05, 3.63) is 30.0 Å². The number of carbonyl (C=O) groups is 1. The molecule has 2 aliphatic rings. The molecule has 2 aromatic rings. The van der Waals surface area contributed by atoms with Gasteiger partial charge in [-0.3, -0.25) is 9.89 Å². The molecule has 0 radical (unpaired) electrons. The summed E-state index contributed by atoms with van der Waals surface area (Å²) in [4.78, 5) is 15.0. The first-order chi connectivity index (χ1) is 10.3. The van der Waals surface area contributed by atoms with Crippen LogP contribution < -0.4 is 0 Å². The van der Waals surface area contributed by atoms with Crippen molar-refractivity contribution in [3.63, 3.8) is 0 Å². The summed E-state index contributed by atoms with van der Waals surface area (Å²) < 4.78 is 0. The van der Waals surface area contributed by atoms with E-state index in [0.717, 1.165) is 23.9 Å². The molecule has 21 heavy (non-hydrogen) atoms. The molecule has 1 aliphatic heterocycles. The normalized spacial score (nSPS) is 23.2. The van der Waals surface area contributed by atoms with E-state index < -0.39 is 0 Å². The molecule has 1 saturated carbocycles. The lowest BCUT2D eigenvalue weighted by molar-refractivity contribution is 0.0685. The molecule has 1 atom stereocenters. The van der Waals surface area contributed by atoms with Crippen molar-refractivity contribution in [1.29, 1.82) is 0 Å². The maximum absolute atomic E-state index is 12.9. The maximum Gasteiger partial charge on any atom is 0.275 e. The van der Waals surface area contributed by atoms with Crippen LogP contribution in [0.4, 0.5) is 0 Å². The zero-order valence-corrected chi connectivity index (χ0v) is 12.2. The lowest BCUT2D eigenvalue weighted by atomic mass is 9.96. The molecule has 4 heteroatoms. The van der Waals surface area contributed by atoms with Crippen molar-refractivity contribution >= 4 is 16.8 Å². The molecule has 2 heterocycles. The topological polar surface area (TPSA) is 49.0 Å². The van der Waals surface area contributed by atoms with Crippen LogP contribution >= 0.6 is 0 Å². The van der Waals surface area contributed by atoms with Gasteiger partial charge in [-0.25, -0.2) is 0 Å². The van der Waals surface area contributed by atoms with Crippen molar-refractivity contribution in [2.75, 3.05) is 6.54 Å². The number of aromatic nitrogens is 2. The number of nitrogens with one attached hydrogen (secondary N) is 1. The van der Waals surface area contributed by atoms with E-state index in [2.05, 4.69) is 15.1 Å². The highest BCUT2D eigenvalue weighted by Gasteiger charge is 2.37. The van der Waals surface area contributed by atoms with E-state index in [-0.39, 0.29) is 5.91 Å². The number of hydrogen-bond donors (Lipinski definition) is 1. The lowest BCUT2D eigenvalue weighted by Crippen LogP contribution is -2.39. The number of H-pyrrole nitrogens is 1. The number of para-hydroxylation sites is 1. The Bertz CT molecular complexity index is 657. The Morgan fingerprint density at radius 3 is 2.81 bits per heavy atom. The number of hydrogen-bond acceptors (Lipinski definition) is 2. The SMILES string of the molecule is O=C(c1n[nH]c2ccccc12)N1CCCC1C1CCCC1. The van der Waals surface area contributed by atoms with Crippen molar-refractivity contribution < 1.29 is 4.79 Å². The van der Waals surface area contributed by atoms with E-state index >= 15 is 0 Å². The predicted molar refractivity (Wildman–Crippen MR) is 82.1 cm³/mol. The second kappa shape index (κ2) is 5.17. The van der Waals surface area contributed by atoms with E-state index in [9.17, 15) is 4.79 Å².